The lowest BCUT2D eigenvalue weighted by molar-refractivity contribution is -0.146. The normalized spacial score (nSPS) is 15.3. The first-order valence-corrected chi connectivity index (χ1v) is 5.29. The molecule has 0 aliphatic heterocycles. The van der Waals surface area contributed by atoms with E-state index in [1.54, 1.807) is 0 Å². The number of nitrogens with zero attached hydrogens (tertiary/aromatic N) is 1. The van der Waals surface area contributed by atoms with Crippen molar-refractivity contribution in [3.8, 4) is 0 Å². The Morgan fingerprint density at radius 2 is 2.06 bits per heavy atom. The molecule has 1 aliphatic rings. The van der Waals surface area contributed by atoms with Gasteiger partial charge in [-0.2, -0.15) is 0 Å². The summed E-state index contributed by atoms with van der Waals surface area (Å²) in [5.41, 5.74) is 0. The molecule has 0 aromatic heterocycles. The van der Waals surface area contributed by atoms with Gasteiger partial charge in [-0.15, -0.1) is 0 Å². The zero-order chi connectivity index (χ0) is 12.0. The Labute approximate surface area is 94.7 Å². The molecule has 90 valence electrons. The van der Waals surface area contributed by atoms with Crippen LogP contribution in [-0.4, -0.2) is 48.7 Å². The standard InChI is InChI=1S/C11H17NO4/c1-16-7-6-12(8-10(13)14)11(15)9-4-2-3-5-9/h2-3,9H,4-8H2,1H3,(H,13,14). The number of hydrogen-bond acceptors (Lipinski definition) is 3. The van der Waals surface area contributed by atoms with Crippen LogP contribution in [0, 0.1) is 5.92 Å². The Balaban J connectivity index is 2.52. The number of rotatable bonds is 6. The molecule has 0 saturated heterocycles. The lowest BCUT2D eigenvalue weighted by atomic mass is 10.1. The highest BCUT2D eigenvalue weighted by atomic mass is 16.5. The monoisotopic (exact) mass is 227 g/mol. The molecule has 0 atom stereocenters. The van der Waals surface area contributed by atoms with Gasteiger partial charge in [0.05, 0.1) is 6.61 Å². The molecule has 0 bridgehead atoms. The van der Waals surface area contributed by atoms with Crippen molar-refractivity contribution >= 4 is 11.9 Å². The first-order valence-electron chi connectivity index (χ1n) is 5.29. The molecule has 0 spiro atoms. The summed E-state index contributed by atoms with van der Waals surface area (Å²) in [7, 11) is 1.53. The molecule has 1 aliphatic carbocycles. The SMILES string of the molecule is COCCN(CC(=O)O)C(=O)C1CC=CC1. The van der Waals surface area contributed by atoms with Crippen LogP contribution in [0.15, 0.2) is 12.2 Å². The van der Waals surface area contributed by atoms with Gasteiger partial charge < -0.3 is 14.7 Å². The van der Waals surface area contributed by atoms with Gasteiger partial charge in [0.25, 0.3) is 0 Å². The average molecular weight is 227 g/mol. The predicted molar refractivity (Wildman–Crippen MR) is 58.0 cm³/mol. The van der Waals surface area contributed by atoms with Crippen LogP contribution in [-0.2, 0) is 14.3 Å². The van der Waals surface area contributed by atoms with E-state index in [0.717, 1.165) is 0 Å². The lowest BCUT2D eigenvalue weighted by Crippen LogP contribution is -2.41. The quantitative estimate of drug-likeness (QED) is 0.671. The number of allylic oxidation sites excluding steroid dienone is 2. The number of methoxy groups -OCH3 is 1. The summed E-state index contributed by atoms with van der Waals surface area (Å²) in [6, 6.07) is 0. The molecular weight excluding hydrogens is 210 g/mol. The molecule has 0 fully saturated rings. The Kier molecular flexibility index (Phi) is 4.98. The molecule has 5 heteroatoms. The van der Waals surface area contributed by atoms with Gasteiger partial charge in [-0.3, -0.25) is 9.59 Å². The number of carboxylic acid groups (broad SMARTS) is 1. The summed E-state index contributed by atoms with van der Waals surface area (Å²) in [6.45, 7) is 0.440. The van der Waals surface area contributed by atoms with Crippen molar-refractivity contribution in [2.45, 2.75) is 12.8 Å². The van der Waals surface area contributed by atoms with E-state index in [4.69, 9.17) is 9.84 Å². The molecule has 0 heterocycles. The number of hydrogen-bond donors (Lipinski definition) is 1. The Morgan fingerprint density at radius 3 is 2.56 bits per heavy atom. The van der Waals surface area contributed by atoms with Crippen LogP contribution in [0.5, 0.6) is 0 Å². The third-order valence-electron chi connectivity index (χ3n) is 2.56. The number of carbonyl (C=O) groups is 2. The van der Waals surface area contributed by atoms with Gasteiger partial charge in [0, 0.05) is 19.6 Å². The fourth-order valence-electron chi connectivity index (χ4n) is 1.71. The van der Waals surface area contributed by atoms with E-state index in [0.29, 0.717) is 26.0 Å². The third-order valence-corrected chi connectivity index (χ3v) is 2.56. The topological polar surface area (TPSA) is 66.8 Å². The van der Waals surface area contributed by atoms with Crippen molar-refractivity contribution in [3.05, 3.63) is 12.2 Å². The first kappa shape index (κ1) is 12.7. The van der Waals surface area contributed by atoms with Crippen LogP contribution in [0.2, 0.25) is 0 Å². The molecular formula is C11H17NO4. The Morgan fingerprint density at radius 1 is 1.44 bits per heavy atom. The maximum absolute atomic E-state index is 12.0. The Hall–Kier alpha value is -1.36. The zero-order valence-electron chi connectivity index (χ0n) is 9.39. The highest BCUT2D eigenvalue weighted by Crippen LogP contribution is 2.20. The zero-order valence-corrected chi connectivity index (χ0v) is 9.39. The van der Waals surface area contributed by atoms with Crippen molar-refractivity contribution < 1.29 is 19.4 Å². The second-order valence-electron chi connectivity index (χ2n) is 3.79. The summed E-state index contributed by atoms with van der Waals surface area (Å²) in [5, 5.41) is 8.72. The molecule has 1 rings (SSSR count). The van der Waals surface area contributed by atoms with Gasteiger partial charge >= 0.3 is 5.97 Å². The molecule has 0 radical (unpaired) electrons. The van der Waals surface area contributed by atoms with Crippen molar-refractivity contribution in [1.29, 1.82) is 0 Å². The van der Waals surface area contributed by atoms with E-state index < -0.39 is 5.97 Å². The number of amides is 1. The predicted octanol–water partition coefficient (Wildman–Crippen LogP) is 0.512. The minimum atomic E-state index is -0.990. The average Bonchev–Trinajstić information content (AvgIpc) is 2.76. The highest BCUT2D eigenvalue weighted by molar-refractivity contribution is 5.83. The van der Waals surface area contributed by atoms with E-state index in [9.17, 15) is 9.59 Å². The summed E-state index contributed by atoms with van der Waals surface area (Å²) in [4.78, 5) is 23.9. The van der Waals surface area contributed by atoms with Gasteiger partial charge in [0.15, 0.2) is 0 Å². The van der Waals surface area contributed by atoms with Crippen LogP contribution in [0.1, 0.15) is 12.8 Å². The maximum atomic E-state index is 12.0. The van der Waals surface area contributed by atoms with Crippen molar-refractivity contribution in [1.82, 2.24) is 4.90 Å². The van der Waals surface area contributed by atoms with Crippen LogP contribution >= 0.6 is 0 Å². The number of ether oxygens (including phenoxy) is 1. The van der Waals surface area contributed by atoms with E-state index in [-0.39, 0.29) is 18.4 Å². The molecule has 0 aromatic carbocycles. The molecule has 1 amide bonds. The molecule has 0 saturated carbocycles. The van der Waals surface area contributed by atoms with E-state index in [2.05, 4.69) is 0 Å². The number of carboxylic acids is 1. The highest BCUT2D eigenvalue weighted by Gasteiger charge is 2.25. The number of aliphatic carboxylic acids is 1. The van der Waals surface area contributed by atoms with Crippen molar-refractivity contribution in [2.75, 3.05) is 26.8 Å². The van der Waals surface area contributed by atoms with Gasteiger partial charge in [-0.25, -0.2) is 0 Å². The van der Waals surface area contributed by atoms with Crippen LogP contribution < -0.4 is 0 Å². The first-order chi connectivity index (χ1) is 7.65. The molecule has 0 aromatic rings. The minimum absolute atomic E-state index is 0.0868. The van der Waals surface area contributed by atoms with E-state index in [1.807, 2.05) is 12.2 Å². The summed E-state index contributed by atoms with van der Waals surface area (Å²) in [6.07, 6.45) is 5.33. The third kappa shape index (κ3) is 3.66. The molecule has 16 heavy (non-hydrogen) atoms. The molecule has 1 N–H and O–H groups in total. The van der Waals surface area contributed by atoms with Gasteiger partial charge in [-0.1, -0.05) is 12.2 Å². The second-order valence-corrected chi connectivity index (χ2v) is 3.79. The van der Waals surface area contributed by atoms with Crippen LogP contribution in [0.4, 0.5) is 0 Å². The summed E-state index contributed by atoms with van der Waals surface area (Å²) >= 11 is 0. The fraction of sp³-hybridized carbons (Fsp3) is 0.636. The van der Waals surface area contributed by atoms with Crippen LogP contribution in [0.3, 0.4) is 0 Å². The largest absolute Gasteiger partial charge is 0.480 e. The van der Waals surface area contributed by atoms with E-state index in [1.165, 1.54) is 12.0 Å². The van der Waals surface area contributed by atoms with Crippen molar-refractivity contribution in [2.24, 2.45) is 5.92 Å². The summed E-state index contributed by atoms with van der Waals surface area (Å²) < 4.78 is 4.86. The van der Waals surface area contributed by atoms with Crippen LogP contribution in [0.25, 0.3) is 0 Å². The second kappa shape index (κ2) is 6.27. The van der Waals surface area contributed by atoms with E-state index >= 15 is 0 Å². The molecule has 5 nitrogen and oxygen atoms in total. The number of carbonyl (C=O) groups excluding carboxylic acids is 1. The maximum Gasteiger partial charge on any atom is 0.323 e. The van der Waals surface area contributed by atoms with Gasteiger partial charge in [0.2, 0.25) is 5.91 Å². The summed E-state index contributed by atoms with van der Waals surface area (Å²) in [5.74, 6) is -1.17. The van der Waals surface area contributed by atoms with Gasteiger partial charge in [-0.05, 0) is 12.8 Å². The fourth-order valence-corrected chi connectivity index (χ4v) is 1.71. The molecule has 0 unspecified atom stereocenters. The minimum Gasteiger partial charge on any atom is -0.480 e. The smallest absolute Gasteiger partial charge is 0.323 e. The Bertz CT molecular complexity index is 280. The van der Waals surface area contributed by atoms with Gasteiger partial charge in [0.1, 0.15) is 6.54 Å². The van der Waals surface area contributed by atoms with Crippen molar-refractivity contribution in [3.63, 3.8) is 0 Å². The lowest BCUT2D eigenvalue weighted by Gasteiger charge is -2.23.